The van der Waals surface area contributed by atoms with Crippen LogP contribution in [0.4, 0.5) is 4.79 Å². The topological polar surface area (TPSA) is 71.1 Å². The summed E-state index contributed by atoms with van der Waals surface area (Å²) in [6.45, 7) is 0. The normalized spacial score (nSPS) is 11.6. The highest BCUT2D eigenvalue weighted by Gasteiger charge is 2.25. The van der Waals surface area contributed by atoms with Crippen LogP contribution in [0.25, 0.3) is 11.3 Å². The van der Waals surface area contributed by atoms with Gasteiger partial charge in [-0.3, -0.25) is 10.1 Å². The van der Waals surface area contributed by atoms with E-state index in [2.05, 4.69) is 15.6 Å². The van der Waals surface area contributed by atoms with Crippen molar-refractivity contribution >= 4 is 35.0 Å². The molecule has 7 heteroatoms. The number of hydrogen-bond acceptors (Lipinski definition) is 5. The molecule has 0 saturated heterocycles. The highest BCUT2D eigenvalue weighted by Crippen LogP contribution is 2.38. The number of amides is 3. The van der Waals surface area contributed by atoms with Crippen LogP contribution >= 0.6 is 23.1 Å². The third-order valence-electron chi connectivity index (χ3n) is 3.58. The lowest BCUT2D eigenvalue weighted by atomic mass is 10.1. The van der Waals surface area contributed by atoms with Gasteiger partial charge in [-0.1, -0.05) is 72.4 Å². The fourth-order valence-corrected chi connectivity index (χ4v) is 4.31. The van der Waals surface area contributed by atoms with Crippen LogP contribution in [-0.4, -0.2) is 24.0 Å². The van der Waals surface area contributed by atoms with E-state index < -0.39 is 11.3 Å². The Morgan fingerprint density at radius 1 is 1.04 bits per heavy atom. The third kappa shape index (κ3) is 4.50. The predicted octanol–water partition coefficient (Wildman–Crippen LogP) is 4.10. The van der Waals surface area contributed by atoms with Crippen molar-refractivity contribution in [3.8, 4) is 11.3 Å². The molecule has 3 amide bonds. The Morgan fingerprint density at radius 3 is 2.35 bits per heavy atom. The molecule has 0 spiro atoms. The van der Waals surface area contributed by atoms with Crippen LogP contribution in [0.1, 0.15) is 10.8 Å². The summed E-state index contributed by atoms with van der Waals surface area (Å²) in [5, 5.41) is 6.15. The largest absolute Gasteiger partial charge is 0.341 e. The van der Waals surface area contributed by atoms with Gasteiger partial charge >= 0.3 is 6.03 Å². The third-order valence-corrected chi connectivity index (χ3v) is 5.80. The number of benzene rings is 2. The molecular formula is C19H17N3O2S2. The summed E-state index contributed by atoms with van der Waals surface area (Å²) in [7, 11) is 1.47. The number of aromatic nitrogens is 1. The van der Waals surface area contributed by atoms with E-state index in [9.17, 15) is 9.59 Å². The lowest BCUT2D eigenvalue weighted by molar-refractivity contribution is -0.119. The predicted molar refractivity (Wildman–Crippen MR) is 105 cm³/mol. The number of thioether (sulfide) groups is 1. The molecule has 0 bridgehead atoms. The number of nitrogens with one attached hydrogen (secondary N) is 2. The minimum atomic E-state index is -0.566. The lowest BCUT2D eigenvalue weighted by Crippen LogP contribution is -2.39. The zero-order valence-corrected chi connectivity index (χ0v) is 15.6. The molecule has 1 atom stereocenters. The van der Waals surface area contributed by atoms with E-state index >= 15 is 0 Å². The summed E-state index contributed by atoms with van der Waals surface area (Å²) in [5.41, 5.74) is 2.72. The average Bonchev–Trinajstić information content (AvgIpc) is 3.16. The number of nitrogens with zero attached hydrogens (tertiary/aromatic N) is 1. The molecule has 5 nitrogen and oxygen atoms in total. The Morgan fingerprint density at radius 2 is 1.69 bits per heavy atom. The average molecular weight is 383 g/mol. The van der Waals surface area contributed by atoms with Crippen molar-refractivity contribution in [2.75, 3.05) is 7.05 Å². The Balaban J connectivity index is 1.83. The van der Waals surface area contributed by atoms with E-state index in [0.717, 1.165) is 21.2 Å². The van der Waals surface area contributed by atoms with Gasteiger partial charge in [0.2, 0.25) is 5.91 Å². The molecule has 0 aliphatic carbocycles. The summed E-state index contributed by atoms with van der Waals surface area (Å²) >= 11 is 2.81. The molecule has 2 N–H and O–H groups in total. The maximum Gasteiger partial charge on any atom is 0.321 e. The number of carbonyl (C=O) groups is 2. The van der Waals surface area contributed by atoms with Gasteiger partial charge in [0.05, 0.1) is 5.69 Å². The van der Waals surface area contributed by atoms with Crippen molar-refractivity contribution in [1.82, 2.24) is 15.6 Å². The summed E-state index contributed by atoms with van der Waals surface area (Å²) < 4.78 is 0.768. The van der Waals surface area contributed by atoms with Crippen LogP contribution in [0.2, 0.25) is 0 Å². The molecule has 2 aromatic carbocycles. The first-order valence-electron chi connectivity index (χ1n) is 7.92. The highest BCUT2D eigenvalue weighted by atomic mass is 32.2. The molecule has 3 aromatic rings. The summed E-state index contributed by atoms with van der Waals surface area (Å²) in [5.74, 6) is -0.378. The summed E-state index contributed by atoms with van der Waals surface area (Å²) in [4.78, 5) is 28.7. The molecule has 26 heavy (non-hydrogen) atoms. The molecule has 0 unspecified atom stereocenters. The fraction of sp³-hybridized carbons (Fsp3) is 0.105. The van der Waals surface area contributed by atoms with Crippen LogP contribution < -0.4 is 10.6 Å². The van der Waals surface area contributed by atoms with Gasteiger partial charge in [0.1, 0.15) is 5.25 Å². The van der Waals surface area contributed by atoms with Gasteiger partial charge in [0.25, 0.3) is 0 Å². The second-order valence-electron chi connectivity index (χ2n) is 5.34. The lowest BCUT2D eigenvalue weighted by Gasteiger charge is -2.14. The first kappa shape index (κ1) is 18.2. The van der Waals surface area contributed by atoms with E-state index in [1.165, 1.54) is 30.1 Å². The standard InChI is InChI=1S/C19H17N3O2S2/c1-20-18(24)22-17(23)16(14-10-6-3-7-11-14)26-19-21-15(12-25-19)13-8-4-2-5-9-13/h2-12,16H,1H3,(H2,20,22,23,24)/t16-/m1/s1. The van der Waals surface area contributed by atoms with Crippen LogP contribution in [0.3, 0.4) is 0 Å². The van der Waals surface area contributed by atoms with Crippen LogP contribution in [0.15, 0.2) is 70.4 Å². The smallest absolute Gasteiger partial charge is 0.321 e. The number of imide groups is 1. The van der Waals surface area contributed by atoms with E-state index in [0.29, 0.717) is 0 Å². The highest BCUT2D eigenvalue weighted by molar-refractivity contribution is 8.01. The first-order valence-corrected chi connectivity index (χ1v) is 9.68. The maximum atomic E-state index is 12.6. The summed E-state index contributed by atoms with van der Waals surface area (Å²) in [6.07, 6.45) is 0. The zero-order valence-electron chi connectivity index (χ0n) is 14.0. The minimum Gasteiger partial charge on any atom is -0.341 e. The van der Waals surface area contributed by atoms with E-state index in [-0.39, 0.29) is 5.91 Å². The van der Waals surface area contributed by atoms with Gasteiger partial charge in [-0.25, -0.2) is 9.78 Å². The Hall–Kier alpha value is -2.64. The quantitative estimate of drug-likeness (QED) is 0.651. The van der Waals surface area contributed by atoms with Gasteiger partial charge in [-0.05, 0) is 5.56 Å². The Bertz CT molecular complexity index is 882. The molecule has 0 aliphatic heterocycles. The molecule has 0 fully saturated rings. The second-order valence-corrected chi connectivity index (χ2v) is 7.55. The Labute approximate surface area is 159 Å². The van der Waals surface area contributed by atoms with E-state index in [1.54, 1.807) is 0 Å². The molecule has 0 aliphatic rings. The van der Waals surface area contributed by atoms with Gasteiger partial charge < -0.3 is 5.32 Å². The first-order chi connectivity index (χ1) is 12.7. The SMILES string of the molecule is CNC(=O)NC(=O)[C@H](Sc1nc(-c2ccccc2)cs1)c1ccccc1. The monoisotopic (exact) mass is 383 g/mol. The fourth-order valence-electron chi connectivity index (χ4n) is 2.29. The molecule has 1 aromatic heterocycles. The number of rotatable bonds is 5. The molecular weight excluding hydrogens is 366 g/mol. The van der Waals surface area contributed by atoms with Crippen molar-refractivity contribution in [3.63, 3.8) is 0 Å². The van der Waals surface area contributed by atoms with Gasteiger partial charge in [0, 0.05) is 18.0 Å². The maximum absolute atomic E-state index is 12.6. The number of urea groups is 1. The van der Waals surface area contributed by atoms with E-state index in [1.807, 2.05) is 66.0 Å². The number of thiazole rings is 1. The molecule has 0 saturated carbocycles. The van der Waals surface area contributed by atoms with Crippen LogP contribution in [-0.2, 0) is 4.79 Å². The van der Waals surface area contributed by atoms with Crippen molar-refractivity contribution in [2.45, 2.75) is 9.59 Å². The van der Waals surface area contributed by atoms with E-state index in [4.69, 9.17) is 0 Å². The zero-order chi connectivity index (χ0) is 18.4. The molecule has 1 heterocycles. The summed E-state index contributed by atoms with van der Waals surface area (Å²) in [6, 6.07) is 18.7. The van der Waals surface area contributed by atoms with Gasteiger partial charge in [-0.15, -0.1) is 11.3 Å². The van der Waals surface area contributed by atoms with Gasteiger partial charge in [0.15, 0.2) is 4.34 Å². The molecule has 3 rings (SSSR count). The van der Waals surface area contributed by atoms with Crippen LogP contribution in [0, 0.1) is 0 Å². The minimum absolute atomic E-state index is 0.378. The second kappa shape index (κ2) is 8.64. The van der Waals surface area contributed by atoms with Crippen molar-refractivity contribution in [2.24, 2.45) is 0 Å². The molecule has 0 radical (unpaired) electrons. The number of hydrogen-bond donors (Lipinski definition) is 2. The van der Waals surface area contributed by atoms with Crippen molar-refractivity contribution < 1.29 is 9.59 Å². The Kier molecular flexibility index (Phi) is 6.04. The van der Waals surface area contributed by atoms with Crippen LogP contribution in [0.5, 0.6) is 0 Å². The van der Waals surface area contributed by atoms with Gasteiger partial charge in [-0.2, -0.15) is 0 Å². The van der Waals surface area contributed by atoms with Crippen molar-refractivity contribution in [3.05, 3.63) is 71.6 Å². The molecule has 132 valence electrons. The number of carbonyl (C=O) groups excluding carboxylic acids is 2. The van der Waals surface area contributed by atoms with Crippen molar-refractivity contribution in [1.29, 1.82) is 0 Å².